The third-order valence-electron chi connectivity index (χ3n) is 6.22. The van der Waals surface area contributed by atoms with Gasteiger partial charge < -0.3 is 25.7 Å². The van der Waals surface area contributed by atoms with E-state index >= 15 is 0 Å². The second kappa shape index (κ2) is 9.16. The molecule has 0 saturated heterocycles. The van der Waals surface area contributed by atoms with Gasteiger partial charge in [-0.3, -0.25) is 9.59 Å². The highest BCUT2D eigenvalue weighted by Crippen LogP contribution is 2.34. The number of amides is 1. The lowest BCUT2D eigenvalue weighted by Gasteiger charge is -2.21. The summed E-state index contributed by atoms with van der Waals surface area (Å²) in [6, 6.07) is 10.9. The van der Waals surface area contributed by atoms with Crippen LogP contribution in [-0.2, 0) is 17.8 Å². The van der Waals surface area contributed by atoms with Crippen molar-refractivity contribution in [3.05, 3.63) is 68.3 Å². The average molecular weight is 490 g/mol. The number of nitrogens with two attached hydrogens (primary N) is 1. The van der Waals surface area contributed by atoms with E-state index in [0.29, 0.717) is 22.9 Å². The summed E-state index contributed by atoms with van der Waals surface area (Å²) < 4.78 is 5.84. The molecule has 5 rings (SSSR count). The molecule has 0 radical (unpaired) electrons. The second-order valence-electron chi connectivity index (χ2n) is 8.95. The van der Waals surface area contributed by atoms with Crippen molar-refractivity contribution in [2.45, 2.75) is 26.8 Å². The first kappa shape index (κ1) is 23.1. The number of carbonyl (C=O) groups is 1. The van der Waals surface area contributed by atoms with Gasteiger partial charge >= 0.3 is 0 Å². The Balaban J connectivity index is 1.38. The molecule has 1 aliphatic rings. The highest BCUT2D eigenvalue weighted by atomic mass is 32.1. The predicted molar refractivity (Wildman–Crippen MR) is 140 cm³/mol. The number of hydrogen-bond donors (Lipinski definition) is 3. The van der Waals surface area contributed by atoms with Crippen LogP contribution in [0.25, 0.3) is 21.6 Å². The number of carbonyl (C=O) groups excluding carboxylic acids is 1. The van der Waals surface area contributed by atoms with E-state index in [9.17, 15) is 9.59 Å². The zero-order chi connectivity index (χ0) is 24.7. The summed E-state index contributed by atoms with van der Waals surface area (Å²) >= 11 is 1.60. The molecule has 0 spiro atoms. The van der Waals surface area contributed by atoms with Crippen LogP contribution in [0.4, 0.5) is 11.4 Å². The second-order valence-corrected chi connectivity index (χ2v) is 10.0. The van der Waals surface area contributed by atoms with Gasteiger partial charge in [-0.2, -0.15) is 0 Å². The number of nitrogen functional groups attached to an aromatic ring is 1. The smallest absolute Gasteiger partial charge is 0.262 e. The fraction of sp³-hybridized carbons (Fsp3) is 0.269. The van der Waals surface area contributed by atoms with Crippen molar-refractivity contribution in [1.29, 1.82) is 0 Å². The number of rotatable bonds is 5. The van der Waals surface area contributed by atoms with Gasteiger partial charge in [-0.05, 0) is 68.3 Å². The van der Waals surface area contributed by atoms with Crippen molar-refractivity contribution < 1.29 is 9.53 Å². The summed E-state index contributed by atoms with van der Waals surface area (Å²) in [5.41, 5.74) is 10.5. The maximum atomic E-state index is 13.0. The zero-order valence-corrected chi connectivity index (χ0v) is 20.7. The Hall–Kier alpha value is -3.69. The van der Waals surface area contributed by atoms with Gasteiger partial charge in [0.2, 0.25) is 0 Å². The van der Waals surface area contributed by atoms with Crippen molar-refractivity contribution in [2.24, 2.45) is 0 Å². The summed E-state index contributed by atoms with van der Waals surface area (Å²) in [6.07, 6.45) is 0.866. The molecular weight excluding hydrogens is 462 g/mol. The summed E-state index contributed by atoms with van der Waals surface area (Å²) in [4.78, 5) is 37.4. The number of benzene rings is 2. The maximum Gasteiger partial charge on any atom is 0.262 e. The van der Waals surface area contributed by atoms with Crippen LogP contribution >= 0.6 is 11.3 Å². The number of hydrogen-bond acceptors (Lipinski definition) is 7. The molecule has 4 N–H and O–H groups in total. The van der Waals surface area contributed by atoms with Gasteiger partial charge in [0.05, 0.1) is 16.8 Å². The number of thiophene rings is 1. The van der Waals surface area contributed by atoms with E-state index < -0.39 is 0 Å². The van der Waals surface area contributed by atoms with Crippen LogP contribution in [0.1, 0.15) is 21.6 Å². The van der Waals surface area contributed by atoms with Gasteiger partial charge in [0.25, 0.3) is 11.5 Å². The molecular formula is C26H27N5O3S. The number of para-hydroxylation sites is 2. The lowest BCUT2D eigenvalue weighted by Crippen LogP contribution is -2.25. The normalized spacial score (nSPS) is 13.6. The standard InChI is InChI=1S/C26H27N5O3S/c1-14-10-16(11-15(2)23(14)34-13-21(32)28-19-7-5-4-6-18(19)27)24-29-25(33)22-17-8-9-31(3)12-20(17)35-26(22)30-24/h4-7,10-11H,8-9,12-13,27H2,1-3H3,(H,28,32)(H,29,30,33). The minimum atomic E-state index is -0.297. The molecule has 1 amide bonds. The molecule has 1 aliphatic heterocycles. The monoisotopic (exact) mass is 489 g/mol. The predicted octanol–water partition coefficient (Wildman–Crippen LogP) is 3.86. The number of ether oxygens (including phenoxy) is 1. The van der Waals surface area contributed by atoms with E-state index in [4.69, 9.17) is 15.5 Å². The van der Waals surface area contributed by atoms with Crippen LogP contribution in [0.5, 0.6) is 5.75 Å². The molecule has 0 saturated carbocycles. The Morgan fingerprint density at radius 1 is 1.26 bits per heavy atom. The van der Waals surface area contributed by atoms with E-state index in [0.717, 1.165) is 52.0 Å². The number of fused-ring (bicyclic) bond motifs is 3. The van der Waals surface area contributed by atoms with Gasteiger partial charge in [0.1, 0.15) is 16.4 Å². The largest absolute Gasteiger partial charge is 0.483 e. The van der Waals surface area contributed by atoms with Gasteiger partial charge in [0.15, 0.2) is 6.61 Å². The van der Waals surface area contributed by atoms with Crippen molar-refractivity contribution in [3.8, 4) is 17.1 Å². The fourth-order valence-corrected chi connectivity index (χ4v) is 5.82. The molecule has 0 bridgehead atoms. The Morgan fingerprint density at radius 3 is 2.74 bits per heavy atom. The summed E-state index contributed by atoms with van der Waals surface area (Å²) in [5, 5.41) is 3.49. The molecule has 35 heavy (non-hydrogen) atoms. The van der Waals surface area contributed by atoms with Gasteiger partial charge in [-0.25, -0.2) is 4.98 Å². The van der Waals surface area contributed by atoms with Crippen LogP contribution in [0.2, 0.25) is 0 Å². The quantitative estimate of drug-likeness (QED) is 0.367. The number of aromatic nitrogens is 2. The molecule has 4 aromatic rings. The van der Waals surface area contributed by atoms with E-state index in [2.05, 4.69) is 22.2 Å². The number of nitrogens with zero attached hydrogens (tertiary/aromatic N) is 2. The molecule has 9 heteroatoms. The van der Waals surface area contributed by atoms with E-state index in [-0.39, 0.29) is 18.1 Å². The van der Waals surface area contributed by atoms with Gasteiger partial charge in [0, 0.05) is 23.5 Å². The van der Waals surface area contributed by atoms with Crippen molar-refractivity contribution in [1.82, 2.24) is 14.9 Å². The third-order valence-corrected chi connectivity index (χ3v) is 7.33. The van der Waals surface area contributed by atoms with E-state index in [1.807, 2.05) is 26.0 Å². The number of aryl methyl sites for hydroxylation is 2. The van der Waals surface area contributed by atoms with Gasteiger partial charge in [-0.1, -0.05) is 12.1 Å². The van der Waals surface area contributed by atoms with Crippen molar-refractivity contribution in [2.75, 3.05) is 31.2 Å². The SMILES string of the molecule is Cc1cc(-c2nc3sc4c(c3c(=O)[nH]2)CCN(C)C4)cc(C)c1OCC(=O)Nc1ccccc1N. The third kappa shape index (κ3) is 4.52. The molecule has 0 fully saturated rings. The molecule has 3 heterocycles. The summed E-state index contributed by atoms with van der Waals surface area (Å²) in [5.74, 6) is 0.863. The lowest BCUT2D eigenvalue weighted by atomic mass is 10.0. The average Bonchev–Trinajstić information content (AvgIpc) is 3.17. The topological polar surface area (TPSA) is 113 Å². The minimum Gasteiger partial charge on any atom is -0.483 e. The number of nitrogens with one attached hydrogen (secondary N) is 2. The zero-order valence-electron chi connectivity index (χ0n) is 19.9. The van der Waals surface area contributed by atoms with E-state index in [1.54, 1.807) is 35.6 Å². The lowest BCUT2D eigenvalue weighted by molar-refractivity contribution is -0.118. The van der Waals surface area contributed by atoms with Crippen molar-refractivity contribution >= 4 is 38.8 Å². The molecule has 180 valence electrons. The van der Waals surface area contributed by atoms with Crippen LogP contribution in [0.15, 0.2) is 41.2 Å². The molecule has 0 unspecified atom stereocenters. The first-order chi connectivity index (χ1) is 16.8. The number of likely N-dealkylation sites (N-methyl/N-ethyl adjacent to an activating group) is 1. The number of H-pyrrole nitrogens is 1. The molecule has 2 aromatic carbocycles. The molecule has 8 nitrogen and oxygen atoms in total. The minimum absolute atomic E-state index is 0.0976. The van der Waals surface area contributed by atoms with Crippen LogP contribution < -0.4 is 21.3 Å². The van der Waals surface area contributed by atoms with E-state index in [1.165, 1.54) is 4.88 Å². The molecule has 0 atom stereocenters. The Kier molecular flexibility index (Phi) is 6.04. The van der Waals surface area contributed by atoms with Gasteiger partial charge in [-0.15, -0.1) is 11.3 Å². The summed E-state index contributed by atoms with van der Waals surface area (Å²) in [7, 11) is 2.09. The first-order valence-corrected chi connectivity index (χ1v) is 12.2. The number of anilines is 2. The van der Waals surface area contributed by atoms with Crippen LogP contribution in [0.3, 0.4) is 0 Å². The first-order valence-electron chi connectivity index (χ1n) is 11.4. The summed E-state index contributed by atoms with van der Waals surface area (Å²) in [6.45, 7) is 5.46. The Labute approximate surface area is 206 Å². The molecule has 0 aliphatic carbocycles. The highest BCUT2D eigenvalue weighted by molar-refractivity contribution is 7.18. The number of aromatic amines is 1. The van der Waals surface area contributed by atoms with Crippen molar-refractivity contribution in [3.63, 3.8) is 0 Å². The Morgan fingerprint density at radius 2 is 2.00 bits per heavy atom. The van der Waals surface area contributed by atoms with Crippen LogP contribution in [-0.4, -0.2) is 41.0 Å². The highest BCUT2D eigenvalue weighted by Gasteiger charge is 2.22. The fourth-order valence-electron chi connectivity index (χ4n) is 4.52. The molecule has 2 aromatic heterocycles. The maximum absolute atomic E-state index is 13.0. The Bertz CT molecular complexity index is 1480. The van der Waals surface area contributed by atoms with Crippen LogP contribution in [0, 0.1) is 13.8 Å².